The number of amides is 1. The first-order valence-electron chi connectivity index (χ1n) is 8.71. The van der Waals surface area contributed by atoms with Crippen LogP contribution < -0.4 is 11.1 Å². The number of rotatable bonds is 4. The van der Waals surface area contributed by atoms with Gasteiger partial charge in [-0.1, -0.05) is 23.4 Å². The van der Waals surface area contributed by atoms with E-state index in [2.05, 4.69) is 29.1 Å². The number of anilines is 2. The fourth-order valence-electron chi connectivity index (χ4n) is 3.08. The summed E-state index contributed by atoms with van der Waals surface area (Å²) in [5.41, 5.74) is 7.90. The second kappa shape index (κ2) is 7.51. The molecular weight excluding hydrogens is 416 g/mol. The van der Waals surface area contributed by atoms with Gasteiger partial charge >= 0.3 is 0 Å². The Morgan fingerprint density at radius 3 is 2.86 bits per heavy atom. The maximum Gasteiger partial charge on any atom is 0.234 e. The van der Waals surface area contributed by atoms with Gasteiger partial charge in [-0.15, -0.1) is 11.3 Å². The smallest absolute Gasteiger partial charge is 0.234 e. The largest absolute Gasteiger partial charge is 0.383 e. The van der Waals surface area contributed by atoms with Crippen molar-refractivity contribution in [2.45, 2.75) is 37.6 Å². The van der Waals surface area contributed by atoms with Gasteiger partial charge in [0.15, 0.2) is 5.16 Å². The van der Waals surface area contributed by atoms with Crippen LogP contribution in [0.4, 0.5) is 11.5 Å². The molecule has 2 aromatic heterocycles. The molecule has 0 radical (unpaired) electrons. The molecule has 146 valence electrons. The Balaban J connectivity index is 1.49. The third-order valence-corrected chi connectivity index (χ3v) is 6.60. The number of nitrogens with zero attached hydrogens (tertiary/aromatic N) is 2. The normalized spacial score (nSPS) is 15.4. The van der Waals surface area contributed by atoms with E-state index in [9.17, 15) is 4.79 Å². The molecule has 0 bridgehead atoms. The van der Waals surface area contributed by atoms with E-state index in [0.29, 0.717) is 28.3 Å². The highest BCUT2D eigenvalue weighted by Crippen LogP contribution is 2.40. The summed E-state index contributed by atoms with van der Waals surface area (Å²) in [4.78, 5) is 23.2. The average molecular weight is 435 g/mol. The van der Waals surface area contributed by atoms with Crippen molar-refractivity contribution in [3.8, 4) is 0 Å². The summed E-state index contributed by atoms with van der Waals surface area (Å²) in [5, 5.41) is 4.86. The Morgan fingerprint density at radius 2 is 2.11 bits per heavy atom. The Kier molecular flexibility index (Phi) is 5.22. The summed E-state index contributed by atoms with van der Waals surface area (Å²) < 4.78 is 5.89. The number of aromatic nitrogens is 2. The van der Waals surface area contributed by atoms with E-state index in [1.807, 2.05) is 0 Å². The maximum absolute atomic E-state index is 12.2. The van der Waals surface area contributed by atoms with Crippen LogP contribution in [0.5, 0.6) is 0 Å². The zero-order valence-corrected chi connectivity index (χ0v) is 17.8. The highest BCUT2D eigenvalue weighted by atomic mass is 35.5. The highest BCUT2D eigenvalue weighted by molar-refractivity contribution is 7.99. The Bertz CT molecular complexity index is 1050. The molecule has 0 saturated heterocycles. The minimum Gasteiger partial charge on any atom is -0.383 e. The van der Waals surface area contributed by atoms with Gasteiger partial charge in [-0.3, -0.25) is 4.79 Å². The lowest BCUT2D eigenvalue weighted by Gasteiger charge is -2.30. The van der Waals surface area contributed by atoms with Crippen molar-refractivity contribution in [1.82, 2.24) is 9.97 Å². The number of carbonyl (C=O) groups excluding carboxylic acids is 1. The molecule has 3 aromatic rings. The zero-order chi connectivity index (χ0) is 19.9. The summed E-state index contributed by atoms with van der Waals surface area (Å²) >= 11 is 8.70. The summed E-state index contributed by atoms with van der Waals surface area (Å²) in [7, 11) is 0. The Labute approximate surface area is 175 Å². The second-order valence-electron chi connectivity index (χ2n) is 7.14. The summed E-state index contributed by atoms with van der Waals surface area (Å²) in [6, 6.07) is 6.97. The number of thioether (sulfide) groups is 1. The van der Waals surface area contributed by atoms with Crippen LogP contribution in [0.3, 0.4) is 0 Å². The second-order valence-corrected chi connectivity index (χ2v) is 9.61. The van der Waals surface area contributed by atoms with Gasteiger partial charge in [-0.25, -0.2) is 9.97 Å². The first-order chi connectivity index (χ1) is 13.3. The molecule has 0 unspecified atom stereocenters. The number of thiophene rings is 1. The number of halogens is 1. The van der Waals surface area contributed by atoms with Crippen molar-refractivity contribution < 1.29 is 9.53 Å². The van der Waals surface area contributed by atoms with Gasteiger partial charge in [-0.2, -0.15) is 0 Å². The van der Waals surface area contributed by atoms with Crippen LogP contribution in [0.15, 0.2) is 29.4 Å². The molecule has 1 aromatic carbocycles. The van der Waals surface area contributed by atoms with Gasteiger partial charge in [-0.05, 0) is 43.7 Å². The van der Waals surface area contributed by atoms with Crippen LogP contribution in [0.25, 0.3) is 10.2 Å². The number of hydrogen-bond acceptors (Lipinski definition) is 7. The number of ether oxygens (including phenoxy) is 1. The third-order valence-electron chi connectivity index (χ3n) is 4.40. The number of carbonyl (C=O) groups is 1. The van der Waals surface area contributed by atoms with Crippen LogP contribution in [0.1, 0.15) is 24.3 Å². The van der Waals surface area contributed by atoms with E-state index in [-0.39, 0.29) is 17.3 Å². The van der Waals surface area contributed by atoms with Crippen molar-refractivity contribution in [3.05, 3.63) is 39.7 Å². The topological polar surface area (TPSA) is 90.1 Å². The lowest BCUT2D eigenvalue weighted by Crippen LogP contribution is -2.31. The predicted molar refractivity (Wildman–Crippen MR) is 115 cm³/mol. The van der Waals surface area contributed by atoms with Crippen molar-refractivity contribution in [1.29, 1.82) is 0 Å². The standard InChI is InChI=1S/C19H19ClN4O2S2/c1-19(2)7-12-13(8-26-19)28-17-15(12)16(21)23-18(24-17)27-9-14(25)22-11-5-3-10(20)4-6-11/h3-6H,7-9H2,1-2H3,(H,22,25)(H2,21,23,24). The SMILES string of the molecule is CC1(C)Cc2c(sc3nc(SCC(=O)Nc4ccc(Cl)cc4)nc(N)c23)CO1. The number of nitrogens with one attached hydrogen (secondary N) is 1. The van der Waals surface area contributed by atoms with Crippen LogP contribution in [0, 0.1) is 0 Å². The monoisotopic (exact) mass is 434 g/mol. The number of fused-ring (bicyclic) bond motifs is 3. The third kappa shape index (κ3) is 4.10. The van der Waals surface area contributed by atoms with Gasteiger partial charge in [0.25, 0.3) is 0 Å². The zero-order valence-electron chi connectivity index (χ0n) is 15.4. The average Bonchev–Trinajstić information content (AvgIpc) is 2.99. The molecular formula is C19H19ClN4O2S2. The lowest BCUT2D eigenvalue weighted by molar-refractivity contribution is -0.113. The van der Waals surface area contributed by atoms with E-state index in [1.165, 1.54) is 17.3 Å². The van der Waals surface area contributed by atoms with E-state index in [4.69, 9.17) is 22.1 Å². The molecule has 9 heteroatoms. The Hall–Kier alpha value is -1.87. The van der Waals surface area contributed by atoms with Gasteiger partial charge in [0.05, 0.1) is 23.3 Å². The van der Waals surface area contributed by atoms with Crippen molar-refractivity contribution in [3.63, 3.8) is 0 Å². The van der Waals surface area contributed by atoms with E-state index >= 15 is 0 Å². The molecule has 28 heavy (non-hydrogen) atoms. The first kappa shape index (κ1) is 19.4. The first-order valence-corrected chi connectivity index (χ1v) is 10.9. The highest BCUT2D eigenvalue weighted by Gasteiger charge is 2.30. The molecule has 1 aliphatic rings. The van der Waals surface area contributed by atoms with Crippen LogP contribution in [-0.2, 0) is 22.6 Å². The van der Waals surface area contributed by atoms with E-state index in [1.54, 1.807) is 35.6 Å². The van der Waals surface area contributed by atoms with Crippen molar-refractivity contribution in [2.24, 2.45) is 0 Å². The van der Waals surface area contributed by atoms with Crippen LogP contribution >= 0.6 is 34.7 Å². The van der Waals surface area contributed by atoms with Crippen LogP contribution in [-0.4, -0.2) is 27.2 Å². The number of nitrogens with two attached hydrogens (primary N) is 1. The summed E-state index contributed by atoms with van der Waals surface area (Å²) in [6.45, 7) is 4.70. The Morgan fingerprint density at radius 1 is 1.36 bits per heavy atom. The number of benzene rings is 1. The summed E-state index contributed by atoms with van der Waals surface area (Å²) in [5.74, 6) is 0.505. The molecule has 0 fully saturated rings. The molecule has 0 atom stereocenters. The van der Waals surface area contributed by atoms with Crippen molar-refractivity contribution >= 4 is 62.3 Å². The quantitative estimate of drug-likeness (QED) is 0.463. The van der Waals surface area contributed by atoms with Crippen LogP contribution in [0.2, 0.25) is 5.02 Å². The van der Waals surface area contributed by atoms with Crippen molar-refractivity contribution in [2.75, 3.05) is 16.8 Å². The fraction of sp³-hybridized carbons (Fsp3) is 0.316. The molecule has 1 aliphatic heterocycles. The molecule has 0 spiro atoms. The predicted octanol–water partition coefficient (Wildman–Crippen LogP) is 4.51. The molecule has 0 aliphatic carbocycles. The van der Waals surface area contributed by atoms with E-state index < -0.39 is 0 Å². The lowest BCUT2D eigenvalue weighted by atomic mass is 9.94. The molecule has 4 rings (SSSR count). The van der Waals surface area contributed by atoms with Gasteiger partial charge in [0.1, 0.15) is 10.6 Å². The van der Waals surface area contributed by atoms with E-state index in [0.717, 1.165) is 21.5 Å². The number of nitrogen functional groups attached to an aromatic ring is 1. The number of hydrogen-bond donors (Lipinski definition) is 2. The molecule has 3 heterocycles. The minimum atomic E-state index is -0.222. The molecule has 3 N–H and O–H groups in total. The molecule has 6 nitrogen and oxygen atoms in total. The molecule has 1 amide bonds. The van der Waals surface area contributed by atoms with Gasteiger partial charge in [0, 0.05) is 22.0 Å². The minimum absolute atomic E-state index is 0.143. The molecule has 0 saturated carbocycles. The van der Waals surface area contributed by atoms with Gasteiger partial charge < -0.3 is 15.8 Å². The maximum atomic E-state index is 12.2. The van der Waals surface area contributed by atoms with Gasteiger partial charge in [0.2, 0.25) is 5.91 Å². The fourth-order valence-corrected chi connectivity index (χ4v) is 5.02. The summed E-state index contributed by atoms with van der Waals surface area (Å²) in [6.07, 6.45) is 0.784.